The number of hydrogen-bond acceptors (Lipinski definition) is 3. The summed E-state index contributed by atoms with van der Waals surface area (Å²) in [5.41, 5.74) is 2.34. The second-order valence-corrected chi connectivity index (χ2v) is 5.13. The number of hydrogen-bond donors (Lipinski definition) is 0. The van der Waals surface area contributed by atoms with Crippen molar-refractivity contribution in [3.63, 3.8) is 0 Å². The molecule has 1 aromatic rings. The van der Waals surface area contributed by atoms with Crippen molar-refractivity contribution in [2.45, 2.75) is 6.92 Å². The largest absolute Gasteiger partial charge is 0.483 e. The Bertz CT molecular complexity index is 278. The van der Waals surface area contributed by atoms with Gasteiger partial charge in [-0.25, -0.2) is 0 Å². The van der Waals surface area contributed by atoms with Crippen molar-refractivity contribution in [1.82, 2.24) is 0 Å². The van der Waals surface area contributed by atoms with E-state index < -0.39 is 9.53 Å². The van der Waals surface area contributed by atoms with Gasteiger partial charge in [0.25, 0.3) is 0 Å². The summed E-state index contributed by atoms with van der Waals surface area (Å²) in [6.07, 6.45) is 0. The van der Waals surface area contributed by atoms with Crippen LogP contribution < -0.4 is 0 Å². The molecule has 0 aliphatic carbocycles. The molecule has 90 valence electrons. The normalized spacial score (nSPS) is 9.56. The van der Waals surface area contributed by atoms with E-state index in [1.54, 1.807) is 21.3 Å². The van der Waals surface area contributed by atoms with Gasteiger partial charge in [0.2, 0.25) is 0 Å². The first-order chi connectivity index (χ1) is 7.65. The Balaban J connectivity index is 0.000000293. The second kappa shape index (κ2) is 9.29. The lowest BCUT2D eigenvalue weighted by atomic mass is 10.1. The van der Waals surface area contributed by atoms with Crippen LogP contribution in [0, 0.1) is 0 Å². The molecule has 0 radical (unpaired) electrons. The lowest BCUT2D eigenvalue weighted by Gasteiger charge is -2.05. The summed E-state index contributed by atoms with van der Waals surface area (Å²) in [5.74, 6) is 0. The third-order valence-electron chi connectivity index (χ3n) is 1.84. The number of benzene rings is 1. The molecule has 0 aromatic heterocycles. The van der Waals surface area contributed by atoms with E-state index >= 15 is 0 Å². The van der Waals surface area contributed by atoms with Crippen molar-refractivity contribution in [2.24, 2.45) is 0 Å². The van der Waals surface area contributed by atoms with Gasteiger partial charge in [0, 0.05) is 21.3 Å². The molecule has 0 amide bonds. The van der Waals surface area contributed by atoms with E-state index in [2.05, 4.69) is 18.7 Å². The van der Waals surface area contributed by atoms with Crippen LogP contribution in [0.25, 0.3) is 5.57 Å². The molecular formula is C12H20O3Si. The highest BCUT2D eigenvalue weighted by Gasteiger charge is 2.04. The van der Waals surface area contributed by atoms with E-state index in [0.29, 0.717) is 0 Å². The van der Waals surface area contributed by atoms with E-state index in [1.807, 2.05) is 25.1 Å². The highest BCUT2D eigenvalue weighted by atomic mass is 28.3. The van der Waals surface area contributed by atoms with Crippen LogP contribution in [-0.4, -0.2) is 30.9 Å². The lowest BCUT2D eigenvalue weighted by molar-refractivity contribution is 0.163. The third kappa shape index (κ3) is 6.52. The SMILES string of the molecule is C=C(C)c1ccccc1.CO[SiH](OC)OC. The smallest absolute Gasteiger partial charge is 0.379 e. The Morgan fingerprint density at radius 1 is 1.00 bits per heavy atom. The summed E-state index contributed by atoms with van der Waals surface area (Å²) in [7, 11) is 3.05. The van der Waals surface area contributed by atoms with E-state index in [9.17, 15) is 0 Å². The van der Waals surface area contributed by atoms with Gasteiger partial charge in [-0.3, -0.25) is 0 Å². The van der Waals surface area contributed by atoms with Crippen molar-refractivity contribution in [1.29, 1.82) is 0 Å². The third-order valence-corrected chi connectivity index (χ3v) is 3.00. The fraction of sp³-hybridized carbons (Fsp3) is 0.333. The van der Waals surface area contributed by atoms with Crippen LogP contribution in [0.2, 0.25) is 0 Å². The van der Waals surface area contributed by atoms with Gasteiger partial charge in [-0.2, -0.15) is 0 Å². The summed E-state index contributed by atoms with van der Waals surface area (Å²) in [6, 6.07) is 10.2. The molecule has 0 fully saturated rings. The Morgan fingerprint density at radius 3 is 1.62 bits per heavy atom. The van der Waals surface area contributed by atoms with Gasteiger partial charge in [0.15, 0.2) is 0 Å². The molecule has 0 spiro atoms. The average Bonchev–Trinajstić information content (AvgIpc) is 2.33. The molecule has 4 heteroatoms. The molecular weight excluding hydrogens is 220 g/mol. The Hall–Kier alpha value is -0.943. The van der Waals surface area contributed by atoms with Crippen LogP contribution in [-0.2, 0) is 13.3 Å². The summed E-state index contributed by atoms with van der Waals surface area (Å²) in [4.78, 5) is 0. The van der Waals surface area contributed by atoms with Crippen LogP contribution in [0.5, 0.6) is 0 Å². The van der Waals surface area contributed by atoms with Crippen LogP contribution in [0.15, 0.2) is 36.9 Å². The average molecular weight is 240 g/mol. The first-order valence-corrected chi connectivity index (χ1v) is 6.36. The first kappa shape index (κ1) is 15.1. The summed E-state index contributed by atoms with van der Waals surface area (Å²) >= 11 is 0. The minimum atomic E-state index is -1.67. The van der Waals surface area contributed by atoms with Crippen molar-refractivity contribution < 1.29 is 13.3 Å². The van der Waals surface area contributed by atoms with Gasteiger partial charge in [0.1, 0.15) is 0 Å². The fourth-order valence-electron chi connectivity index (χ4n) is 1.01. The molecule has 0 N–H and O–H groups in total. The predicted molar refractivity (Wildman–Crippen MR) is 69.3 cm³/mol. The second-order valence-electron chi connectivity index (χ2n) is 3.14. The zero-order valence-electron chi connectivity index (χ0n) is 10.4. The minimum absolute atomic E-state index is 1.12. The molecule has 0 saturated carbocycles. The lowest BCUT2D eigenvalue weighted by Crippen LogP contribution is -2.21. The Morgan fingerprint density at radius 2 is 1.44 bits per heavy atom. The van der Waals surface area contributed by atoms with Gasteiger partial charge < -0.3 is 13.3 Å². The van der Waals surface area contributed by atoms with Crippen LogP contribution in [0.3, 0.4) is 0 Å². The minimum Gasteiger partial charge on any atom is -0.379 e. The van der Waals surface area contributed by atoms with E-state index in [0.717, 1.165) is 5.57 Å². The molecule has 3 nitrogen and oxygen atoms in total. The van der Waals surface area contributed by atoms with Crippen LogP contribution in [0.4, 0.5) is 0 Å². The van der Waals surface area contributed by atoms with E-state index in [-0.39, 0.29) is 0 Å². The molecule has 1 aromatic carbocycles. The van der Waals surface area contributed by atoms with Gasteiger partial charge in [-0.1, -0.05) is 42.5 Å². The Labute approximate surface area is 99.6 Å². The molecule has 0 aliphatic rings. The standard InChI is InChI=1S/C9H10.C3H10O3Si/c1-8(2)9-6-4-3-5-7-9;1-4-7(5-2)6-3/h3-7H,1H2,2H3;7H,1-3H3. The van der Waals surface area contributed by atoms with Crippen molar-refractivity contribution >= 4 is 15.1 Å². The zero-order chi connectivity index (χ0) is 12.4. The Kier molecular flexibility index (Phi) is 8.75. The highest BCUT2D eigenvalue weighted by molar-refractivity contribution is 6.36. The molecule has 0 bridgehead atoms. The van der Waals surface area contributed by atoms with Crippen molar-refractivity contribution in [3.8, 4) is 0 Å². The van der Waals surface area contributed by atoms with Crippen LogP contribution in [0.1, 0.15) is 12.5 Å². The van der Waals surface area contributed by atoms with Gasteiger partial charge in [-0.15, -0.1) is 0 Å². The maximum absolute atomic E-state index is 4.74. The highest BCUT2D eigenvalue weighted by Crippen LogP contribution is 2.08. The maximum Gasteiger partial charge on any atom is 0.483 e. The molecule has 0 unspecified atom stereocenters. The topological polar surface area (TPSA) is 27.7 Å². The predicted octanol–water partition coefficient (Wildman–Crippen LogP) is 2.36. The monoisotopic (exact) mass is 240 g/mol. The van der Waals surface area contributed by atoms with E-state index in [4.69, 9.17) is 13.3 Å². The number of allylic oxidation sites excluding steroid dienone is 1. The van der Waals surface area contributed by atoms with Gasteiger partial charge >= 0.3 is 9.53 Å². The first-order valence-electron chi connectivity index (χ1n) is 4.95. The number of rotatable bonds is 4. The quantitative estimate of drug-likeness (QED) is 0.756. The summed E-state index contributed by atoms with van der Waals surface area (Å²) in [6.45, 7) is 5.83. The molecule has 0 heterocycles. The molecule has 16 heavy (non-hydrogen) atoms. The molecule has 0 saturated heterocycles. The van der Waals surface area contributed by atoms with Crippen molar-refractivity contribution in [2.75, 3.05) is 21.3 Å². The van der Waals surface area contributed by atoms with Gasteiger partial charge in [0.05, 0.1) is 0 Å². The van der Waals surface area contributed by atoms with Gasteiger partial charge in [-0.05, 0) is 12.5 Å². The fourth-order valence-corrected chi connectivity index (χ4v) is 1.59. The summed E-state index contributed by atoms with van der Waals surface area (Å²) in [5, 5.41) is 0. The maximum atomic E-state index is 4.74. The molecule has 0 atom stereocenters. The summed E-state index contributed by atoms with van der Waals surface area (Å²) < 4.78 is 14.2. The molecule has 0 aliphatic heterocycles. The zero-order valence-corrected chi connectivity index (χ0v) is 11.6. The van der Waals surface area contributed by atoms with Crippen molar-refractivity contribution in [3.05, 3.63) is 42.5 Å². The van der Waals surface area contributed by atoms with E-state index in [1.165, 1.54) is 5.56 Å². The molecule has 1 rings (SSSR count). The van der Waals surface area contributed by atoms with Crippen LogP contribution >= 0.6 is 0 Å².